The maximum absolute atomic E-state index is 12.7. The summed E-state index contributed by atoms with van der Waals surface area (Å²) in [5.41, 5.74) is 1.28. The van der Waals surface area contributed by atoms with Crippen molar-refractivity contribution >= 4 is 28.4 Å². The topological polar surface area (TPSA) is 78.5 Å². The van der Waals surface area contributed by atoms with E-state index in [1.807, 2.05) is 17.0 Å². The molecule has 0 aliphatic carbocycles. The number of benzene rings is 1. The first-order valence-electron chi connectivity index (χ1n) is 11.0. The molecule has 2 saturated heterocycles. The summed E-state index contributed by atoms with van der Waals surface area (Å²) in [5, 5.41) is 19.9. The summed E-state index contributed by atoms with van der Waals surface area (Å²) in [6.45, 7) is 7.31. The molecule has 1 aromatic carbocycles. The summed E-state index contributed by atoms with van der Waals surface area (Å²) in [6.07, 6.45) is 5.47. The van der Waals surface area contributed by atoms with E-state index < -0.39 is 6.10 Å². The molecule has 0 spiro atoms. The van der Waals surface area contributed by atoms with Crippen LogP contribution < -0.4 is 0 Å². The molecule has 0 bridgehead atoms. The van der Waals surface area contributed by atoms with Crippen molar-refractivity contribution in [2.24, 2.45) is 17.3 Å². The van der Waals surface area contributed by atoms with E-state index in [0.717, 1.165) is 68.5 Å². The lowest BCUT2D eigenvalue weighted by atomic mass is 9.68. The monoisotopic (exact) mass is 433 g/mol. The van der Waals surface area contributed by atoms with Crippen LogP contribution in [-0.4, -0.2) is 52.4 Å². The van der Waals surface area contributed by atoms with E-state index in [1.54, 1.807) is 6.20 Å². The van der Waals surface area contributed by atoms with Crippen molar-refractivity contribution in [1.82, 2.24) is 15.1 Å². The van der Waals surface area contributed by atoms with Crippen LogP contribution in [0.2, 0.25) is 5.02 Å². The number of aliphatic hydroxyl groups is 1. The van der Waals surface area contributed by atoms with Crippen LogP contribution >= 0.6 is 11.6 Å². The highest BCUT2D eigenvalue weighted by atomic mass is 35.5. The quantitative estimate of drug-likeness (QED) is 0.735. The first-order valence-corrected chi connectivity index (χ1v) is 11.4. The maximum Gasteiger partial charge on any atom is 0.222 e. The molecular weight excluding hydrogens is 402 g/mol. The number of H-pyrrole nitrogens is 1. The highest BCUT2D eigenvalue weighted by Gasteiger charge is 2.40. The first kappa shape index (κ1) is 21.6. The number of aliphatic hydroxyl groups excluding tert-OH is 1. The van der Waals surface area contributed by atoms with Crippen LogP contribution in [0, 0.1) is 17.3 Å². The molecule has 4 rings (SSSR count). The van der Waals surface area contributed by atoms with E-state index >= 15 is 0 Å². The van der Waals surface area contributed by atoms with E-state index in [-0.39, 0.29) is 11.3 Å². The Balaban J connectivity index is 1.40. The zero-order valence-corrected chi connectivity index (χ0v) is 18.6. The normalized spacial score (nSPS) is 20.6. The summed E-state index contributed by atoms with van der Waals surface area (Å²) < 4.78 is 5.40. The van der Waals surface area contributed by atoms with Crippen LogP contribution in [0.4, 0.5) is 0 Å². The summed E-state index contributed by atoms with van der Waals surface area (Å²) >= 11 is 6.29. The average Bonchev–Trinajstić information content (AvgIpc) is 3.21. The molecule has 2 N–H and O–H groups in total. The van der Waals surface area contributed by atoms with Gasteiger partial charge in [-0.25, -0.2) is 0 Å². The van der Waals surface area contributed by atoms with Crippen LogP contribution in [0.15, 0.2) is 18.3 Å². The largest absolute Gasteiger partial charge is 0.388 e. The van der Waals surface area contributed by atoms with Crippen molar-refractivity contribution in [2.45, 2.75) is 52.1 Å². The van der Waals surface area contributed by atoms with Crippen molar-refractivity contribution < 1.29 is 14.6 Å². The number of nitrogens with one attached hydrogen (secondary N) is 1. The lowest BCUT2D eigenvalue weighted by Gasteiger charge is -2.43. The van der Waals surface area contributed by atoms with Gasteiger partial charge >= 0.3 is 0 Å². The summed E-state index contributed by atoms with van der Waals surface area (Å²) in [6, 6.07) is 3.69. The van der Waals surface area contributed by atoms with Gasteiger partial charge in [0.25, 0.3) is 0 Å². The zero-order valence-electron chi connectivity index (χ0n) is 17.9. The molecule has 1 amide bonds. The molecular formula is C23H32ClN3O3. The Labute approximate surface area is 182 Å². The third-order valence-electron chi connectivity index (χ3n) is 7.25. The van der Waals surface area contributed by atoms with E-state index in [0.29, 0.717) is 23.3 Å². The number of aromatic amines is 1. The van der Waals surface area contributed by atoms with Crippen molar-refractivity contribution in [3.05, 3.63) is 28.9 Å². The predicted octanol–water partition coefficient (Wildman–Crippen LogP) is 4.33. The second-order valence-corrected chi connectivity index (χ2v) is 9.90. The number of ether oxygens (including phenoxy) is 1. The van der Waals surface area contributed by atoms with Crippen molar-refractivity contribution in [3.8, 4) is 0 Å². The number of fused-ring (bicyclic) bond motifs is 1. The Bertz CT molecular complexity index is 883. The van der Waals surface area contributed by atoms with E-state index in [9.17, 15) is 9.90 Å². The Morgan fingerprint density at radius 1 is 1.30 bits per heavy atom. The number of nitrogens with zero attached hydrogens (tertiary/aromatic N) is 2. The third kappa shape index (κ3) is 4.36. The molecule has 164 valence electrons. The van der Waals surface area contributed by atoms with Gasteiger partial charge < -0.3 is 14.7 Å². The Morgan fingerprint density at radius 2 is 2.00 bits per heavy atom. The number of hydrogen-bond acceptors (Lipinski definition) is 4. The third-order valence-corrected chi connectivity index (χ3v) is 7.47. The van der Waals surface area contributed by atoms with Gasteiger partial charge in [0.2, 0.25) is 5.91 Å². The number of carbonyl (C=O) groups is 1. The lowest BCUT2D eigenvalue weighted by molar-refractivity contribution is -0.135. The molecule has 3 heterocycles. The minimum absolute atomic E-state index is 0.271. The van der Waals surface area contributed by atoms with Crippen LogP contribution in [0.25, 0.3) is 10.9 Å². The number of piperidine rings is 1. The van der Waals surface area contributed by atoms with Gasteiger partial charge in [-0.1, -0.05) is 25.4 Å². The summed E-state index contributed by atoms with van der Waals surface area (Å²) in [5.74, 6) is 1.05. The Morgan fingerprint density at radius 3 is 2.70 bits per heavy atom. The number of carbonyl (C=O) groups excluding carboxylic acids is 1. The first-order chi connectivity index (χ1) is 14.4. The minimum atomic E-state index is -0.673. The number of halogens is 1. The standard InChI is InChI=1S/C23H32ClN3O3/c1-23(2,22(29)19-13-18(24)12-16-14-25-26-21(16)19)17-3-7-27(8-4-17)20(28)11-15-5-9-30-10-6-15/h12-15,17,22,29H,3-11H2,1-2H3,(H,25,26). The molecule has 2 aliphatic rings. The van der Waals surface area contributed by atoms with Crippen LogP contribution in [0.1, 0.15) is 57.6 Å². The van der Waals surface area contributed by atoms with Crippen molar-refractivity contribution in [1.29, 1.82) is 0 Å². The maximum atomic E-state index is 12.7. The number of amides is 1. The molecule has 2 aliphatic heterocycles. The van der Waals surface area contributed by atoms with Gasteiger partial charge in [0.1, 0.15) is 0 Å². The lowest BCUT2D eigenvalue weighted by Crippen LogP contribution is -2.44. The molecule has 1 atom stereocenters. The molecule has 30 heavy (non-hydrogen) atoms. The van der Waals surface area contributed by atoms with E-state index in [4.69, 9.17) is 16.3 Å². The van der Waals surface area contributed by atoms with Crippen LogP contribution in [-0.2, 0) is 9.53 Å². The van der Waals surface area contributed by atoms with Gasteiger partial charge in [-0.2, -0.15) is 5.10 Å². The fraction of sp³-hybridized carbons (Fsp3) is 0.652. The fourth-order valence-corrected chi connectivity index (χ4v) is 5.32. The summed E-state index contributed by atoms with van der Waals surface area (Å²) in [4.78, 5) is 14.8. The number of likely N-dealkylation sites (tertiary alicyclic amines) is 1. The second kappa shape index (κ2) is 8.85. The minimum Gasteiger partial charge on any atom is -0.388 e. The SMILES string of the molecule is CC(C)(C1CCN(C(=O)CC2CCOCC2)CC1)C(O)c1cc(Cl)cc2cn[nH]c12. The number of aromatic nitrogens is 2. The number of rotatable bonds is 5. The molecule has 2 aromatic rings. The van der Waals surface area contributed by atoms with Gasteiger partial charge in [0.05, 0.1) is 17.8 Å². The molecule has 7 heteroatoms. The molecule has 6 nitrogen and oxygen atoms in total. The molecule has 0 radical (unpaired) electrons. The van der Waals surface area contributed by atoms with Crippen molar-refractivity contribution in [2.75, 3.05) is 26.3 Å². The Kier molecular flexibility index (Phi) is 6.37. The second-order valence-electron chi connectivity index (χ2n) is 9.47. The molecule has 0 saturated carbocycles. The molecule has 1 aromatic heterocycles. The fourth-order valence-electron chi connectivity index (χ4n) is 5.09. The van der Waals surface area contributed by atoms with Crippen LogP contribution in [0.5, 0.6) is 0 Å². The number of hydrogen-bond donors (Lipinski definition) is 2. The summed E-state index contributed by atoms with van der Waals surface area (Å²) in [7, 11) is 0. The van der Waals surface area contributed by atoms with Gasteiger partial charge in [0, 0.05) is 48.7 Å². The average molecular weight is 434 g/mol. The van der Waals surface area contributed by atoms with E-state index in [2.05, 4.69) is 24.0 Å². The Hall–Kier alpha value is -1.63. The van der Waals surface area contributed by atoms with Gasteiger partial charge in [-0.05, 0) is 55.1 Å². The van der Waals surface area contributed by atoms with Gasteiger partial charge in [-0.15, -0.1) is 0 Å². The van der Waals surface area contributed by atoms with Crippen LogP contribution in [0.3, 0.4) is 0 Å². The molecule has 1 unspecified atom stereocenters. The highest BCUT2D eigenvalue weighted by Crippen LogP contribution is 2.46. The zero-order chi connectivity index (χ0) is 21.3. The van der Waals surface area contributed by atoms with Gasteiger partial charge in [-0.3, -0.25) is 9.89 Å². The predicted molar refractivity (Wildman–Crippen MR) is 117 cm³/mol. The molecule has 2 fully saturated rings. The van der Waals surface area contributed by atoms with Gasteiger partial charge in [0.15, 0.2) is 0 Å². The van der Waals surface area contributed by atoms with E-state index in [1.165, 1.54) is 0 Å². The smallest absolute Gasteiger partial charge is 0.222 e. The van der Waals surface area contributed by atoms with Crippen molar-refractivity contribution in [3.63, 3.8) is 0 Å². The highest BCUT2D eigenvalue weighted by molar-refractivity contribution is 6.31.